The topological polar surface area (TPSA) is 70.8 Å². The van der Waals surface area contributed by atoms with Crippen LogP contribution in [0.25, 0.3) is 11.3 Å². The first-order valence-corrected chi connectivity index (χ1v) is 11.0. The van der Waals surface area contributed by atoms with Crippen molar-refractivity contribution >= 4 is 17.5 Å². The quantitative estimate of drug-likeness (QED) is 0.586. The Morgan fingerprint density at radius 1 is 1.16 bits per heavy atom. The monoisotopic (exact) mass is 454 g/mol. The highest BCUT2D eigenvalue weighted by Gasteiger charge is 2.26. The molecule has 2 aromatic carbocycles. The van der Waals surface area contributed by atoms with Crippen LogP contribution in [0.5, 0.6) is 5.75 Å². The van der Waals surface area contributed by atoms with Crippen LogP contribution in [0, 0.1) is 0 Å². The number of carbonyl (C=O) groups is 1. The van der Waals surface area contributed by atoms with Crippen molar-refractivity contribution in [3.8, 4) is 17.1 Å². The number of hydrogen-bond acceptors (Lipinski definition) is 6. The van der Waals surface area contributed by atoms with Crippen molar-refractivity contribution in [2.75, 3.05) is 46.9 Å². The average Bonchev–Trinajstić information content (AvgIpc) is 3.32. The predicted octanol–water partition coefficient (Wildman–Crippen LogP) is 3.72. The third-order valence-electron chi connectivity index (χ3n) is 5.82. The maximum Gasteiger partial charge on any atom is 0.273 e. The molecule has 0 saturated carbocycles. The van der Waals surface area contributed by atoms with Gasteiger partial charge in [0.05, 0.1) is 13.2 Å². The van der Waals surface area contributed by atoms with Crippen LogP contribution in [-0.4, -0.2) is 67.7 Å². The van der Waals surface area contributed by atoms with Gasteiger partial charge in [0.15, 0.2) is 11.5 Å². The molecule has 4 rings (SSSR count). The maximum atomic E-state index is 12.8. The molecular formula is C24H27ClN4O3. The molecule has 0 spiro atoms. The third-order valence-corrected chi connectivity index (χ3v) is 6.16. The van der Waals surface area contributed by atoms with E-state index in [0.29, 0.717) is 17.3 Å². The number of nitrogens with zero attached hydrogens (tertiary/aromatic N) is 3. The second kappa shape index (κ2) is 10.2. The number of hydrogen-bond donors (Lipinski definition) is 1. The van der Waals surface area contributed by atoms with Crippen LogP contribution in [0.15, 0.2) is 59.1 Å². The maximum absolute atomic E-state index is 12.8. The Hall–Kier alpha value is -2.87. The first-order chi connectivity index (χ1) is 15.5. The van der Waals surface area contributed by atoms with E-state index in [4.69, 9.17) is 20.9 Å². The standard InChI is InChI=1S/C24H27ClN4O3/c1-28-11-13-29(14-12-28)22(19-5-3-4-6-20(19)25)16-26-24(30)21-15-23(32-27-21)17-7-9-18(31-2)10-8-17/h3-10,15,22H,11-14,16H2,1-2H3,(H,26,30). The first-order valence-electron chi connectivity index (χ1n) is 10.6. The molecular weight excluding hydrogens is 428 g/mol. The molecule has 1 aliphatic rings. The third kappa shape index (κ3) is 5.12. The molecule has 1 amide bonds. The van der Waals surface area contributed by atoms with Crippen molar-refractivity contribution in [2.45, 2.75) is 6.04 Å². The van der Waals surface area contributed by atoms with E-state index in [0.717, 1.165) is 43.1 Å². The van der Waals surface area contributed by atoms with E-state index in [2.05, 4.69) is 27.3 Å². The largest absolute Gasteiger partial charge is 0.497 e. The highest BCUT2D eigenvalue weighted by Crippen LogP contribution is 2.28. The van der Waals surface area contributed by atoms with Crippen molar-refractivity contribution in [1.29, 1.82) is 0 Å². The molecule has 1 atom stereocenters. The van der Waals surface area contributed by atoms with E-state index < -0.39 is 0 Å². The lowest BCUT2D eigenvalue weighted by atomic mass is 10.0. The summed E-state index contributed by atoms with van der Waals surface area (Å²) in [5, 5.41) is 7.68. The molecule has 0 aliphatic carbocycles. The van der Waals surface area contributed by atoms with Gasteiger partial charge >= 0.3 is 0 Å². The van der Waals surface area contributed by atoms with Crippen molar-refractivity contribution < 1.29 is 14.1 Å². The fourth-order valence-corrected chi connectivity index (χ4v) is 4.13. The Morgan fingerprint density at radius 2 is 1.88 bits per heavy atom. The average molecular weight is 455 g/mol. The Balaban J connectivity index is 1.46. The minimum atomic E-state index is -0.278. The van der Waals surface area contributed by atoms with E-state index in [1.807, 2.05) is 48.5 Å². The number of amides is 1. The summed E-state index contributed by atoms with van der Waals surface area (Å²) in [6.07, 6.45) is 0. The van der Waals surface area contributed by atoms with Crippen LogP contribution in [0.2, 0.25) is 5.02 Å². The van der Waals surface area contributed by atoms with Crippen molar-refractivity contribution in [3.05, 3.63) is 70.9 Å². The van der Waals surface area contributed by atoms with E-state index >= 15 is 0 Å². The van der Waals surface area contributed by atoms with Crippen LogP contribution >= 0.6 is 11.6 Å². The van der Waals surface area contributed by atoms with Crippen LogP contribution in [0.3, 0.4) is 0 Å². The van der Waals surface area contributed by atoms with Gasteiger partial charge in [0.1, 0.15) is 5.75 Å². The second-order valence-electron chi connectivity index (χ2n) is 7.89. The number of likely N-dealkylation sites (N-methyl/N-ethyl adjacent to an activating group) is 1. The lowest BCUT2D eigenvalue weighted by Crippen LogP contribution is -2.48. The van der Waals surface area contributed by atoms with Gasteiger partial charge in [-0.25, -0.2) is 0 Å². The molecule has 32 heavy (non-hydrogen) atoms. The molecule has 1 fully saturated rings. The Morgan fingerprint density at radius 3 is 2.56 bits per heavy atom. The number of methoxy groups -OCH3 is 1. The molecule has 0 bridgehead atoms. The molecule has 2 heterocycles. The summed E-state index contributed by atoms with van der Waals surface area (Å²) in [6.45, 7) is 4.20. The number of halogens is 1. The number of piperazine rings is 1. The highest BCUT2D eigenvalue weighted by molar-refractivity contribution is 6.31. The zero-order valence-electron chi connectivity index (χ0n) is 18.3. The Labute approximate surface area is 192 Å². The molecule has 1 unspecified atom stereocenters. The van der Waals surface area contributed by atoms with E-state index in [-0.39, 0.29) is 17.6 Å². The number of rotatable bonds is 7. The molecule has 168 valence electrons. The summed E-state index contributed by atoms with van der Waals surface area (Å²) < 4.78 is 10.6. The molecule has 8 heteroatoms. The number of aromatic nitrogens is 1. The molecule has 1 N–H and O–H groups in total. The Bertz CT molecular complexity index is 1050. The number of ether oxygens (including phenoxy) is 1. The molecule has 3 aromatic rings. The molecule has 1 saturated heterocycles. The SMILES string of the molecule is COc1ccc(-c2cc(C(=O)NCC(c3ccccc3Cl)N3CCN(C)CC3)no2)cc1. The summed E-state index contributed by atoms with van der Waals surface area (Å²) in [4.78, 5) is 17.5. The Kier molecular flexibility index (Phi) is 7.09. The van der Waals surface area contributed by atoms with Crippen molar-refractivity contribution in [1.82, 2.24) is 20.3 Å². The van der Waals surface area contributed by atoms with Crippen LogP contribution in [0.4, 0.5) is 0 Å². The first kappa shape index (κ1) is 22.3. The van der Waals surface area contributed by atoms with Gasteiger partial charge in [-0.2, -0.15) is 0 Å². The van der Waals surface area contributed by atoms with Gasteiger partial charge < -0.3 is 19.5 Å². The van der Waals surface area contributed by atoms with Gasteiger partial charge in [-0.05, 0) is 42.9 Å². The fraction of sp³-hybridized carbons (Fsp3) is 0.333. The van der Waals surface area contributed by atoms with E-state index in [1.165, 1.54) is 0 Å². The second-order valence-corrected chi connectivity index (χ2v) is 8.30. The molecule has 1 aromatic heterocycles. The lowest BCUT2D eigenvalue weighted by molar-refractivity contribution is 0.0879. The van der Waals surface area contributed by atoms with Gasteiger partial charge in [0.25, 0.3) is 5.91 Å². The number of carbonyl (C=O) groups excluding carboxylic acids is 1. The summed E-state index contributed by atoms with van der Waals surface area (Å²) in [7, 11) is 3.73. The number of benzene rings is 2. The highest BCUT2D eigenvalue weighted by atomic mass is 35.5. The van der Waals surface area contributed by atoms with Gasteiger partial charge in [-0.1, -0.05) is 35.0 Å². The van der Waals surface area contributed by atoms with Crippen molar-refractivity contribution in [3.63, 3.8) is 0 Å². The van der Waals surface area contributed by atoms with Gasteiger partial charge in [-0.3, -0.25) is 9.69 Å². The van der Waals surface area contributed by atoms with Crippen LogP contribution in [0.1, 0.15) is 22.1 Å². The van der Waals surface area contributed by atoms with E-state index in [1.54, 1.807) is 13.2 Å². The zero-order chi connectivity index (χ0) is 22.5. The van der Waals surface area contributed by atoms with Gasteiger partial charge in [0.2, 0.25) is 0 Å². The summed E-state index contributed by atoms with van der Waals surface area (Å²) in [6, 6.07) is 16.8. The van der Waals surface area contributed by atoms with Crippen LogP contribution in [-0.2, 0) is 0 Å². The normalized spacial score (nSPS) is 16.0. The lowest BCUT2D eigenvalue weighted by Gasteiger charge is -2.38. The predicted molar refractivity (Wildman–Crippen MR) is 124 cm³/mol. The molecule has 0 radical (unpaired) electrons. The summed E-state index contributed by atoms with van der Waals surface area (Å²) in [5.74, 6) is 1.000. The fourth-order valence-electron chi connectivity index (χ4n) is 3.87. The van der Waals surface area contributed by atoms with E-state index in [9.17, 15) is 4.79 Å². The van der Waals surface area contributed by atoms with Crippen molar-refractivity contribution in [2.24, 2.45) is 0 Å². The summed E-state index contributed by atoms with van der Waals surface area (Å²) >= 11 is 6.51. The van der Waals surface area contributed by atoms with Crippen LogP contribution < -0.4 is 10.1 Å². The van der Waals surface area contributed by atoms with Gasteiger partial charge in [-0.15, -0.1) is 0 Å². The smallest absolute Gasteiger partial charge is 0.273 e. The molecule has 7 nitrogen and oxygen atoms in total. The van der Waals surface area contributed by atoms with Gasteiger partial charge in [0, 0.05) is 49.4 Å². The minimum absolute atomic E-state index is 0.0192. The zero-order valence-corrected chi connectivity index (χ0v) is 19.0. The minimum Gasteiger partial charge on any atom is -0.497 e. The summed E-state index contributed by atoms with van der Waals surface area (Å²) in [5.41, 5.74) is 2.08. The molecule has 1 aliphatic heterocycles. The number of nitrogens with one attached hydrogen (secondary N) is 1.